The molecule has 3 nitrogen and oxygen atoms in total. The van der Waals surface area contributed by atoms with Gasteiger partial charge in [-0.05, 0) is 33.1 Å². The number of alkyl halides is 6. The molecule has 2 unspecified atom stereocenters. The molecule has 2 atom stereocenters. The van der Waals surface area contributed by atoms with Gasteiger partial charge < -0.3 is 10.2 Å². The SMILES string of the molecule is CCN(CC)c1ncc(CNC2CC(C(F)(F)F)CC(C(F)(F)F)C2)s1. The Morgan fingerprint density at radius 1 is 1.04 bits per heavy atom. The van der Waals surface area contributed by atoms with Crippen LogP contribution >= 0.6 is 11.3 Å². The minimum atomic E-state index is -4.61. The summed E-state index contributed by atoms with van der Waals surface area (Å²) in [5.74, 6) is -3.85. The molecule has 0 aromatic carbocycles. The average molecular weight is 403 g/mol. The van der Waals surface area contributed by atoms with Crippen molar-refractivity contribution < 1.29 is 26.3 Å². The number of rotatable bonds is 6. The number of thiazole rings is 1. The molecular weight excluding hydrogens is 380 g/mol. The summed E-state index contributed by atoms with van der Waals surface area (Å²) in [6.07, 6.45) is -9.11. The van der Waals surface area contributed by atoms with Crippen molar-refractivity contribution in [2.45, 2.75) is 58.0 Å². The standard InChI is InChI=1S/C16H23F6N3S/c1-3-25(4-2)14-24-9-13(26-14)8-23-12-6-10(15(17,18)19)5-11(7-12)16(20,21)22/h9-12,23H,3-8H2,1-2H3. The van der Waals surface area contributed by atoms with Crippen molar-refractivity contribution in [2.24, 2.45) is 11.8 Å². The lowest BCUT2D eigenvalue weighted by molar-refractivity contribution is -0.225. The van der Waals surface area contributed by atoms with Crippen LogP contribution in [0.5, 0.6) is 0 Å². The Morgan fingerprint density at radius 3 is 2.04 bits per heavy atom. The van der Waals surface area contributed by atoms with Gasteiger partial charge in [0.15, 0.2) is 5.13 Å². The van der Waals surface area contributed by atoms with Gasteiger partial charge in [0.25, 0.3) is 0 Å². The highest BCUT2D eigenvalue weighted by Crippen LogP contribution is 2.45. The third-order valence-corrected chi connectivity index (χ3v) is 5.83. The maximum Gasteiger partial charge on any atom is 0.391 e. The molecule has 1 N–H and O–H groups in total. The fourth-order valence-corrected chi connectivity index (χ4v) is 4.27. The summed E-state index contributed by atoms with van der Waals surface area (Å²) in [5, 5.41) is 3.68. The van der Waals surface area contributed by atoms with Crippen molar-refractivity contribution in [1.82, 2.24) is 10.3 Å². The van der Waals surface area contributed by atoms with Crippen LogP contribution in [-0.2, 0) is 6.54 Å². The van der Waals surface area contributed by atoms with E-state index < -0.39 is 36.7 Å². The zero-order valence-electron chi connectivity index (χ0n) is 14.6. The first-order valence-electron chi connectivity index (χ1n) is 8.61. The Bertz CT molecular complexity index is 545. The highest BCUT2D eigenvalue weighted by Gasteiger charge is 2.51. The fraction of sp³-hybridized carbons (Fsp3) is 0.812. The van der Waals surface area contributed by atoms with Gasteiger partial charge in [-0.3, -0.25) is 0 Å². The van der Waals surface area contributed by atoms with Crippen LogP contribution in [0.3, 0.4) is 0 Å². The number of hydrogen-bond acceptors (Lipinski definition) is 4. The molecule has 2 rings (SSSR count). The van der Waals surface area contributed by atoms with E-state index in [0.717, 1.165) is 23.1 Å². The molecule has 1 aromatic heterocycles. The highest BCUT2D eigenvalue weighted by molar-refractivity contribution is 7.15. The summed E-state index contributed by atoms with van der Waals surface area (Å²) in [7, 11) is 0. The largest absolute Gasteiger partial charge is 0.391 e. The summed E-state index contributed by atoms with van der Waals surface area (Å²) >= 11 is 1.40. The van der Waals surface area contributed by atoms with Gasteiger partial charge in [0.05, 0.1) is 11.8 Å². The molecule has 0 amide bonds. The topological polar surface area (TPSA) is 28.2 Å². The molecule has 1 saturated carbocycles. The minimum Gasteiger partial charge on any atom is -0.349 e. The first-order valence-corrected chi connectivity index (χ1v) is 9.42. The number of halogens is 6. The van der Waals surface area contributed by atoms with Crippen LogP contribution in [-0.4, -0.2) is 36.5 Å². The summed E-state index contributed by atoms with van der Waals surface area (Å²) in [4.78, 5) is 7.11. The molecule has 10 heteroatoms. The molecular formula is C16H23F6N3S. The van der Waals surface area contributed by atoms with Gasteiger partial charge in [-0.15, -0.1) is 11.3 Å². The van der Waals surface area contributed by atoms with Crippen LogP contribution in [0.15, 0.2) is 6.20 Å². The Hall–Kier alpha value is -1.03. The predicted molar refractivity (Wildman–Crippen MR) is 89.2 cm³/mol. The number of anilines is 1. The van der Waals surface area contributed by atoms with Gasteiger partial charge in [-0.1, -0.05) is 0 Å². The van der Waals surface area contributed by atoms with E-state index in [1.807, 2.05) is 18.7 Å². The fourth-order valence-electron chi connectivity index (χ4n) is 3.28. The Morgan fingerprint density at radius 2 is 1.58 bits per heavy atom. The molecule has 1 aromatic rings. The quantitative estimate of drug-likeness (QED) is 0.679. The number of aromatic nitrogens is 1. The van der Waals surface area contributed by atoms with Gasteiger partial charge in [-0.25, -0.2) is 4.98 Å². The van der Waals surface area contributed by atoms with E-state index in [9.17, 15) is 26.3 Å². The van der Waals surface area contributed by atoms with Crippen molar-refractivity contribution >= 4 is 16.5 Å². The zero-order chi connectivity index (χ0) is 19.5. The first kappa shape index (κ1) is 21.3. The lowest BCUT2D eigenvalue weighted by atomic mass is 9.77. The third kappa shape index (κ3) is 5.48. The minimum absolute atomic E-state index is 0.221. The van der Waals surface area contributed by atoms with Crippen LogP contribution in [0, 0.1) is 11.8 Å². The van der Waals surface area contributed by atoms with E-state index in [1.54, 1.807) is 6.20 Å². The van der Waals surface area contributed by atoms with Crippen LogP contribution in [0.1, 0.15) is 38.0 Å². The zero-order valence-corrected chi connectivity index (χ0v) is 15.4. The summed E-state index contributed by atoms with van der Waals surface area (Å²) in [5.41, 5.74) is 0. The smallest absolute Gasteiger partial charge is 0.349 e. The molecule has 0 aliphatic heterocycles. The molecule has 0 spiro atoms. The lowest BCUT2D eigenvalue weighted by Gasteiger charge is -2.37. The maximum absolute atomic E-state index is 13.0. The van der Waals surface area contributed by atoms with Crippen molar-refractivity contribution in [2.75, 3.05) is 18.0 Å². The molecule has 150 valence electrons. The second-order valence-electron chi connectivity index (χ2n) is 6.54. The molecule has 1 aliphatic carbocycles. The van der Waals surface area contributed by atoms with E-state index in [-0.39, 0.29) is 19.4 Å². The number of nitrogens with one attached hydrogen (secondary N) is 1. The molecule has 1 heterocycles. The van der Waals surface area contributed by atoms with E-state index in [2.05, 4.69) is 10.3 Å². The number of nitrogens with zero attached hydrogens (tertiary/aromatic N) is 2. The third-order valence-electron chi connectivity index (χ3n) is 4.77. The maximum atomic E-state index is 13.0. The molecule has 0 saturated heterocycles. The van der Waals surface area contributed by atoms with E-state index in [0.29, 0.717) is 0 Å². The first-order chi connectivity index (χ1) is 12.0. The Balaban J connectivity index is 2.01. The van der Waals surface area contributed by atoms with E-state index >= 15 is 0 Å². The predicted octanol–water partition coefficient (Wildman–Crippen LogP) is 4.99. The van der Waals surface area contributed by atoms with Crippen LogP contribution in [0.25, 0.3) is 0 Å². The van der Waals surface area contributed by atoms with Crippen LogP contribution in [0.2, 0.25) is 0 Å². The van der Waals surface area contributed by atoms with Crippen LogP contribution in [0.4, 0.5) is 31.5 Å². The van der Waals surface area contributed by atoms with Crippen molar-refractivity contribution in [3.63, 3.8) is 0 Å². The number of hydrogen-bond donors (Lipinski definition) is 1. The van der Waals surface area contributed by atoms with Crippen molar-refractivity contribution in [3.05, 3.63) is 11.1 Å². The van der Waals surface area contributed by atoms with Gasteiger partial charge in [0, 0.05) is 36.8 Å². The molecule has 26 heavy (non-hydrogen) atoms. The Kier molecular flexibility index (Phi) is 6.81. The van der Waals surface area contributed by atoms with E-state index in [1.165, 1.54) is 11.3 Å². The monoisotopic (exact) mass is 403 g/mol. The molecule has 0 bridgehead atoms. The highest BCUT2D eigenvalue weighted by atomic mass is 32.1. The molecule has 1 aliphatic rings. The summed E-state index contributed by atoms with van der Waals surface area (Å²) in [6, 6.07) is -0.819. The second-order valence-corrected chi connectivity index (χ2v) is 7.64. The van der Waals surface area contributed by atoms with Crippen molar-refractivity contribution in [3.8, 4) is 0 Å². The molecule has 0 radical (unpaired) electrons. The summed E-state index contributed by atoms with van der Waals surface area (Å²) < 4.78 is 78.0. The summed E-state index contributed by atoms with van der Waals surface area (Å²) in [6.45, 7) is 5.75. The van der Waals surface area contributed by atoms with Gasteiger partial charge >= 0.3 is 12.4 Å². The molecule has 1 fully saturated rings. The van der Waals surface area contributed by atoms with Crippen molar-refractivity contribution in [1.29, 1.82) is 0 Å². The average Bonchev–Trinajstić information content (AvgIpc) is 3.01. The van der Waals surface area contributed by atoms with E-state index in [4.69, 9.17) is 0 Å². The van der Waals surface area contributed by atoms with Gasteiger partial charge in [-0.2, -0.15) is 26.3 Å². The van der Waals surface area contributed by atoms with Gasteiger partial charge in [0.1, 0.15) is 0 Å². The lowest BCUT2D eigenvalue weighted by Crippen LogP contribution is -2.45. The second kappa shape index (κ2) is 8.33. The van der Waals surface area contributed by atoms with Gasteiger partial charge in [0.2, 0.25) is 0 Å². The van der Waals surface area contributed by atoms with Crippen LogP contribution < -0.4 is 10.2 Å². The Labute approximate surface area is 152 Å². The normalized spacial score (nSPS) is 24.7.